The highest BCUT2D eigenvalue weighted by atomic mass is 32.2. The zero-order valence-electron chi connectivity index (χ0n) is 27.1. The Kier molecular flexibility index (Phi) is 12.5. The van der Waals surface area contributed by atoms with E-state index < -0.39 is 18.0 Å². The molecule has 4 rings (SSSR count). The third-order valence-corrected chi connectivity index (χ3v) is 8.56. The second-order valence-electron chi connectivity index (χ2n) is 11.1. The van der Waals surface area contributed by atoms with Crippen LogP contribution in [-0.2, 0) is 9.53 Å². The summed E-state index contributed by atoms with van der Waals surface area (Å²) < 4.78 is 17.3. The number of rotatable bonds is 12. The number of thioether (sulfide) groups is 1. The molecule has 0 spiro atoms. The highest BCUT2D eigenvalue weighted by molar-refractivity contribution is 8.13. The maximum Gasteiger partial charge on any atom is 0.345 e. The Hall–Kier alpha value is -4.06. The molecule has 1 aliphatic rings. The predicted octanol–water partition coefficient (Wildman–Crippen LogP) is 6.34. The van der Waals surface area contributed by atoms with Crippen molar-refractivity contribution in [1.82, 2.24) is 4.90 Å². The van der Waals surface area contributed by atoms with Crippen molar-refractivity contribution in [2.75, 3.05) is 55.4 Å². The molecule has 3 aromatic rings. The predicted molar refractivity (Wildman–Crippen MR) is 182 cm³/mol. The Morgan fingerprint density at radius 3 is 2.43 bits per heavy atom. The monoisotopic (exact) mass is 649 g/mol. The number of carbonyl (C=O) groups excluding carboxylic acids is 3. The molecule has 1 heterocycles. The van der Waals surface area contributed by atoms with Crippen LogP contribution in [0, 0.1) is 20.8 Å². The van der Waals surface area contributed by atoms with E-state index in [9.17, 15) is 19.5 Å². The van der Waals surface area contributed by atoms with Gasteiger partial charge in [0.25, 0.3) is 11.1 Å². The first kappa shape index (κ1) is 34.8. The number of phenolic OH excluding ortho intramolecular Hbond substituents is 1. The minimum absolute atomic E-state index is 0.0547. The summed E-state index contributed by atoms with van der Waals surface area (Å²) >= 11 is 1.21. The quantitative estimate of drug-likeness (QED) is 0.171. The molecule has 2 amide bonds. The number of aromatic hydroxyl groups is 1. The summed E-state index contributed by atoms with van der Waals surface area (Å²) in [6, 6.07) is 15.3. The lowest BCUT2D eigenvalue weighted by Gasteiger charge is -2.27. The Balaban J connectivity index is 1.50. The zero-order valence-corrected chi connectivity index (χ0v) is 27.9. The van der Waals surface area contributed by atoms with E-state index in [1.165, 1.54) is 23.9 Å². The number of hydrogen-bond acceptors (Lipinski definition) is 9. The average Bonchev–Trinajstić information content (AvgIpc) is 3.04. The van der Waals surface area contributed by atoms with E-state index in [1.54, 1.807) is 36.1 Å². The van der Waals surface area contributed by atoms with Gasteiger partial charge in [0.2, 0.25) is 0 Å². The van der Waals surface area contributed by atoms with E-state index >= 15 is 0 Å². The molecule has 1 fully saturated rings. The number of aryl methyl sites for hydroxylation is 3. The van der Waals surface area contributed by atoms with Gasteiger partial charge in [0, 0.05) is 38.0 Å². The van der Waals surface area contributed by atoms with Crippen LogP contribution in [-0.4, -0.2) is 78.4 Å². The first-order valence-electron chi connectivity index (χ1n) is 15.5. The largest absolute Gasteiger partial charge is 0.508 e. The van der Waals surface area contributed by atoms with Gasteiger partial charge in [0.15, 0.2) is 11.9 Å². The minimum atomic E-state index is -0.834. The fraction of sp³-hybridized carbons (Fsp3) is 0.400. The molecule has 0 aliphatic carbocycles. The fourth-order valence-electron chi connectivity index (χ4n) is 5.07. The number of hydrogen-bond donors (Lipinski definition) is 2. The van der Waals surface area contributed by atoms with Crippen molar-refractivity contribution in [3.8, 4) is 17.2 Å². The average molecular weight is 650 g/mol. The smallest absolute Gasteiger partial charge is 0.345 e. The standard InChI is InChI=1S/C35H43N3O7S/c1-6-30(44-31-13-12-23(3)20-25(31)5)33(40)36-27-22-29(39)24(4)21-32(27)45-34(41)26-10-8-9-11-28(26)38(7-2)35(42)46-19-16-37-14-17-43-18-15-37/h8-13,20-22,30,39H,6-7,14-19H2,1-5H3,(H,36,40). The van der Waals surface area contributed by atoms with Gasteiger partial charge in [-0.1, -0.05) is 48.5 Å². The number of para-hydroxylation sites is 1. The van der Waals surface area contributed by atoms with Crippen LogP contribution >= 0.6 is 11.8 Å². The molecule has 10 nitrogen and oxygen atoms in total. The number of nitrogens with one attached hydrogen (secondary N) is 1. The lowest BCUT2D eigenvalue weighted by atomic mass is 10.1. The number of anilines is 2. The van der Waals surface area contributed by atoms with Gasteiger partial charge in [-0.25, -0.2) is 4.79 Å². The summed E-state index contributed by atoms with van der Waals surface area (Å²) in [5.74, 6) is 0.0234. The Labute approximate surface area is 275 Å². The number of nitrogens with zero attached hydrogens (tertiary/aromatic N) is 2. The number of amides is 2. The molecular weight excluding hydrogens is 606 g/mol. The summed E-state index contributed by atoms with van der Waals surface area (Å²) in [5, 5.41) is 13.1. The van der Waals surface area contributed by atoms with E-state index in [1.807, 2.05) is 45.9 Å². The number of morpholine rings is 1. The third kappa shape index (κ3) is 9.02. The van der Waals surface area contributed by atoms with Gasteiger partial charge in [-0.05, 0) is 69.5 Å². The molecule has 246 valence electrons. The normalized spacial score (nSPS) is 13.9. The van der Waals surface area contributed by atoms with Crippen LogP contribution in [0.3, 0.4) is 0 Å². The fourth-order valence-corrected chi connectivity index (χ4v) is 5.98. The molecular formula is C35H43N3O7S. The van der Waals surface area contributed by atoms with Crippen LogP contribution in [0.2, 0.25) is 0 Å². The molecule has 1 atom stereocenters. The highest BCUT2D eigenvalue weighted by Gasteiger charge is 2.25. The Morgan fingerprint density at radius 2 is 1.74 bits per heavy atom. The second kappa shape index (κ2) is 16.5. The topological polar surface area (TPSA) is 118 Å². The molecule has 0 radical (unpaired) electrons. The number of phenols is 1. The molecule has 0 bridgehead atoms. The molecule has 1 aliphatic heterocycles. The van der Waals surface area contributed by atoms with Crippen molar-refractivity contribution >= 4 is 40.3 Å². The van der Waals surface area contributed by atoms with Crippen molar-refractivity contribution < 1.29 is 33.7 Å². The van der Waals surface area contributed by atoms with Crippen LogP contribution < -0.4 is 19.7 Å². The van der Waals surface area contributed by atoms with Gasteiger partial charge in [-0.3, -0.25) is 14.5 Å². The van der Waals surface area contributed by atoms with Crippen molar-refractivity contribution in [1.29, 1.82) is 0 Å². The van der Waals surface area contributed by atoms with Gasteiger partial charge in [-0.15, -0.1) is 0 Å². The molecule has 2 N–H and O–H groups in total. The zero-order chi connectivity index (χ0) is 33.2. The molecule has 0 aromatic heterocycles. The number of benzene rings is 3. The number of carbonyl (C=O) groups is 3. The highest BCUT2D eigenvalue weighted by Crippen LogP contribution is 2.34. The Morgan fingerprint density at radius 1 is 1.00 bits per heavy atom. The van der Waals surface area contributed by atoms with E-state index in [2.05, 4.69) is 10.2 Å². The van der Waals surface area contributed by atoms with Gasteiger partial charge in [-0.2, -0.15) is 0 Å². The number of esters is 1. The molecule has 11 heteroatoms. The van der Waals surface area contributed by atoms with Crippen LogP contribution in [0.5, 0.6) is 17.2 Å². The van der Waals surface area contributed by atoms with Crippen LogP contribution in [0.4, 0.5) is 16.2 Å². The summed E-state index contributed by atoms with van der Waals surface area (Å²) in [6.45, 7) is 13.4. The van der Waals surface area contributed by atoms with E-state index in [0.717, 1.165) is 30.8 Å². The first-order chi connectivity index (χ1) is 22.1. The Bertz CT molecular complexity index is 1540. The van der Waals surface area contributed by atoms with Crippen LogP contribution in [0.25, 0.3) is 0 Å². The second-order valence-corrected chi connectivity index (χ2v) is 12.2. The van der Waals surface area contributed by atoms with Gasteiger partial charge in [0.05, 0.1) is 30.2 Å². The lowest BCUT2D eigenvalue weighted by molar-refractivity contribution is -0.122. The van der Waals surface area contributed by atoms with Gasteiger partial charge in [0.1, 0.15) is 11.5 Å². The van der Waals surface area contributed by atoms with E-state index in [0.29, 0.717) is 48.9 Å². The maximum atomic E-state index is 13.6. The molecule has 1 saturated heterocycles. The number of ether oxygens (including phenoxy) is 3. The third-order valence-electron chi connectivity index (χ3n) is 7.71. The van der Waals surface area contributed by atoms with Crippen molar-refractivity contribution in [2.24, 2.45) is 0 Å². The van der Waals surface area contributed by atoms with Gasteiger partial charge >= 0.3 is 5.97 Å². The van der Waals surface area contributed by atoms with Crippen molar-refractivity contribution in [2.45, 2.75) is 47.1 Å². The summed E-state index contributed by atoms with van der Waals surface area (Å²) in [4.78, 5) is 44.1. The summed E-state index contributed by atoms with van der Waals surface area (Å²) in [7, 11) is 0. The van der Waals surface area contributed by atoms with Crippen LogP contribution in [0.1, 0.15) is 47.3 Å². The molecule has 46 heavy (non-hydrogen) atoms. The molecule has 3 aromatic carbocycles. The van der Waals surface area contributed by atoms with Gasteiger partial charge < -0.3 is 29.5 Å². The summed E-state index contributed by atoms with van der Waals surface area (Å²) in [5.41, 5.74) is 3.17. The maximum absolute atomic E-state index is 13.6. The SMILES string of the molecule is CCC(Oc1ccc(C)cc1C)C(=O)Nc1cc(O)c(C)cc1OC(=O)c1ccccc1N(CC)C(=O)SCCN1CCOCC1. The van der Waals surface area contributed by atoms with Crippen molar-refractivity contribution in [3.05, 3.63) is 76.9 Å². The van der Waals surface area contributed by atoms with Crippen LogP contribution in [0.15, 0.2) is 54.6 Å². The minimum Gasteiger partial charge on any atom is -0.508 e. The van der Waals surface area contributed by atoms with E-state index in [4.69, 9.17) is 14.2 Å². The summed E-state index contributed by atoms with van der Waals surface area (Å²) in [6.07, 6.45) is -0.454. The molecule has 0 saturated carbocycles. The first-order valence-corrected chi connectivity index (χ1v) is 16.5. The van der Waals surface area contributed by atoms with Crippen molar-refractivity contribution in [3.63, 3.8) is 0 Å². The molecule has 1 unspecified atom stereocenters. The lowest BCUT2D eigenvalue weighted by Crippen LogP contribution is -2.38. The van der Waals surface area contributed by atoms with E-state index in [-0.39, 0.29) is 28.0 Å².